The van der Waals surface area contributed by atoms with Crippen molar-refractivity contribution in [3.63, 3.8) is 0 Å². The number of methoxy groups -OCH3 is 1. The fourth-order valence-electron chi connectivity index (χ4n) is 1.19. The second-order valence-corrected chi connectivity index (χ2v) is 4.28. The zero-order chi connectivity index (χ0) is 11.5. The molecule has 1 aromatic carbocycles. The van der Waals surface area contributed by atoms with Gasteiger partial charge in [0.15, 0.2) is 5.82 Å². The average molecular weight is 328 g/mol. The maximum absolute atomic E-state index is 5.13. The highest BCUT2D eigenvalue weighted by atomic mass is 127. The number of benzene rings is 1. The second-order valence-electron chi connectivity index (χ2n) is 3.12. The van der Waals surface area contributed by atoms with Gasteiger partial charge >= 0.3 is 0 Å². The molecule has 0 spiro atoms. The molecule has 0 N–H and O–H groups in total. The van der Waals surface area contributed by atoms with Crippen molar-refractivity contribution in [2.24, 2.45) is 0 Å². The summed E-state index contributed by atoms with van der Waals surface area (Å²) in [5, 5.41) is 15.8. The molecule has 0 atom stereocenters. The van der Waals surface area contributed by atoms with E-state index in [1.807, 2.05) is 18.2 Å². The maximum Gasteiger partial charge on any atom is 0.204 e. The highest BCUT2D eigenvalue weighted by molar-refractivity contribution is 14.1. The zero-order valence-corrected chi connectivity index (χ0v) is 11.0. The van der Waals surface area contributed by atoms with Crippen LogP contribution in [-0.4, -0.2) is 27.5 Å². The molecule has 0 aliphatic heterocycles. The van der Waals surface area contributed by atoms with Gasteiger partial charge in [-0.1, -0.05) is 0 Å². The van der Waals surface area contributed by atoms with Crippen LogP contribution in [0.4, 0.5) is 0 Å². The Morgan fingerprint density at radius 3 is 2.38 bits per heavy atom. The van der Waals surface area contributed by atoms with E-state index in [1.54, 1.807) is 14.0 Å². The first-order valence-corrected chi connectivity index (χ1v) is 5.66. The van der Waals surface area contributed by atoms with Gasteiger partial charge in [0.05, 0.1) is 7.11 Å². The summed E-state index contributed by atoms with van der Waals surface area (Å²) in [6.45, 7) is 1.75. The standard InChI is InChI=1S/C10H9IN4O/c1-6-12-14-10(15-13-6)8-4-3-7(16-2)5-9(8)11/h3-5H,1-2H3. The predicted molar refractivity (Wildman–Crippen MR) is 67.1 cm³/mol. The molecule has 0 aliphatic carbocycles. The normalized spacial score (nSPS) is 10.2. The zero-order valence-electron chi connectivity index (χ0n) is 8.81. The van der Waals surface area contributed by atoms with Gasteiger partial charge in [0.2, 0.25) is 5.82 Å². The van der Waals surface area contributed by atoms with Crippen LogP contribution in [0, 0.1) is 10.5 Å². The summed E-state index contributed by atoms with van der Waals surface area (Å²) >= 11 is 2.21. The van der Waals surface area contributed by atoms with Gasteiger partial charge in [0.1, 0.15) is 5.75 Å². The molecule has 0 saturated carbocycles. The van der Waals surface area contributed by atoms with Gasteiger partial charge in [0, 0.05) is 9.13 Å². The lowest BCUT2D eigenvalue weighted by atomic mass is 10.2. The molecule has 6 heteroatoms. The van der Waals surface area contributed by atoms with Crippen LogP contribution in [0.5, 0.6) is 5.75 Å². The molecular formula is C10H9IN4O. The Kier molecular flexibility index (Phi) is 3.28. The van der Waals surface area contributed by atoms with Crippen molar-refractivity contribution in [3.05, 3.63) is 27.6 Å². The summed E-state index contributed by atoms with van der Waals surface area (Å²) in [5.41, 5.74) is 0.904. The minimum atomic E-state index is 0.526. The Labute approximate surface area is 106 Å². The lowest BCUT2D eigenvalue weighted by Gasteiger charge is -2.04. The molecule has 82 valence electrons. The Hall–Kier alpha value is -1.31. The highest BCUT2D eigenvalue weighted by Gasteiger charge is 2.08. The fourth-order valence-corrected chi connectivity index (χ4v) is 1.92. The number of aryl methyl sites for hydroxylation is 1. The number of aromatic nitrogens is 4. The molecule has 1 heterocycles. The maximum atomic E-state index is 5.13. The topological polar surface area (TPSA) is 60.8 Å². The van der Waals surface area contributed by atoms with Gasteiger partial charge in [-0.25, -0.2) is 0 Å². The Bertz CT molecular complexity index is 501. The van der Waals surface area contributed by atoms with Gasteiger partial charge < -0.3 is 4.74 Å². The van der Waals surface area contributed by atoms with Crippen LogP contribution in [0.25, 0.3) is 11.4 Å². The Morgan fingerprint density at radius 2 is 1.81 bits per heavy atom. The van der Waals surface area contributed by atoms with Crippen molar-refractivity contribution in [2.75, 3.05) is 7.11 Å². The molecular weight excluding hydrogens is 319 g/mol. The quantitative estimate of drug-likeness (QED) is 0.788. The second kappa shape index (κ2) is 4.69. The van der Waals surface area contributed by atoms with E-state index < -0.39 is 0 Å². The van der Waals surface area contributed by atoms with Crippen LogP contribution in [0.1, 0.15) is 5.82 Å². The molecule has 0 amide bonds. The van der Waals surface area contributed by atoms with Crippen molar-refractivity contribution in [2.45, 2.75) is 6.92 Å². The third-order valence-corrected chi connectivity index (χ3v) is 2.89. The van der Waals surface area contributed by atoms with Crippen molar-refractivity contribution in [1.82, 2.24) is 20.4 Å². The van der Waals surface area contributed by atoms with Crippen LogP contribution in [0.15, 0.2) is 18.2 Å². The van der Waals surface area contributed by atoms with E-state index in [0.717, 1.165) is 14.9 Å². The third kappa shape index (κ3) is 2.26. The van der Waals surface area contributed by atoms with Crippen LogP contribution in [0.3, 0.4) is 0 Å². The summed E-state index contributed by atoms with van der Waals surface area (Å²) in [4.78, 5) is 0. The molecule has 16 heavy (non-hydrogen) atoms. The molecule has 0 unspecified atom stereocenters. The molecule has 0 aliphatic rings. The number of halogens is 1. The van der Waals surface area contributed by atoms with Crippen LogP contribution >= 0.6 is 22.6 Å². The van der Waals surface area contributed by atoms with E-state index in [0.29, 0.717) is 11.6 Å². The molecule has 1 aromatic heterocycles. The number of ether oxygens (including phenoxy) is 1. The Morgan fingerprint density at radius 1 is 1.12 bits per heavy atom. The van der Waals surface area contributed by atoms with E-state index >= 15 is 0 Å². The minimum Gasteiger partial charge on any atom is -0.497 e. The average Bonchev–Trinajstić information content (AvgIpc) is 2.30. The smallest absolute Gasteiger partial charge is 0.204 e. The van der Waals surface area contributed by atoms with Gasteiger partial charge in [-0.05, 0) is 47.7 Å². The summed E-state index contributed by atoms with van der Waals surface area (Å²) in [6, 6.07) is 5.68. The molecule has 0 radical (unpaired) electrons. The van der Waals surface area contributed by atoms with Crippen molar-refractivity contribution < 1.29 is 4.74 Å². The third-order valence-electron chi connectivity index (χ3n) is 2.00. The molecule has 0 saturated heterocycles. The van der Waals surface area contributed by atoms with Crippen molar-refractivity contribution in [1.29, 1.82) is 0 Å². The number of rotatable bonds is 2. The SMILES string of the molecule is COc1ccc(-c2nnc(C)nn2)c(I)c1. The van der Waals surface area contributed by atoms with Crippen LogP contribution in [-0.2, 0) is 0 Å². The summed E-state index contributed by atoms with van der Waals surface area (Å²) in [5.74, 6) is 1.89. The first-order valence-electron chi connectivity index (χ1n) is 4.58. The first-order chi connectivity index (χ1) is 7.70. The summed E-state index contributed by atoms with van der Waals surface area (Å²) in [6.07, 6.45) is 0. The van der Waals surface area contributed by atoms with E-state index in [1.165, 1.54) is 0 Å². The van der Waals surface area contributed by atoms with Gasteiger partial charge in [-0.3, -0.25) is 0 Å². The highest BCUT2D eigenvalue weighted by Crippen LogP contribution is 2.25. The van der Waals surface area contributed by atoms with Gasteiger partial charge in [-0.15, -0.1) is 20.4 Å². The minimum absolute atomic E-state index is 0.526. The van der Waals surface area contributed by atoms with E-state index in [2.05, 4.69) is 43.0 Å². The number of nitrogens with zero attached hydrogens (tertiary/aromatic N) is 4. The number of hydrogen-bond donors (Lipinski definition) is 0. The van der Waals surface area contributed by atoms with Crippen molar-refractivity contribution in [3.8, 4) is 17.1 Å². The summed E-state index contributed by atoms with van der Waals surface area (Å²) in [7, 11) is 1.64. The molecule has 2 rings (SSSR count). The van der Waals surface area contributed by atoms with Crippen LogP contribution < -0.4 is 4.74 Å². The predicted octanol–water partition coefficient (Wildman–Crippen LogP) is 1.86. The largest absolute Gasteiger partial charge is 0.497 e. The lowest BCUT2D eigenvalue weighted by Crippen LogP contribution is -1.99. The number of hydrogen-bond acceptors (Lipinski definition) is 5. The van der Waals surface area contributed by atoms with E-state index in [9.17, 15) is 0 Å². The summed E-state index contributed by atoms with van der Waals surface area (Å²) < 4.78 is 6.13. The van der Waals surface area contributed by atoms with Gasteiger partial charge in [0.25, 0.3) is 0 Å². The molecule has 5 nitrogen and oxygen atoms in total. The van der Waals surface area contributed by atoms with E-state index in [-0.39, 0.29) is 0 Å². The lowest BCUT2D eigenvalue weighted by molar-refractivity contribution is 0.414. The molecule has 2 aromatic rings. The first kappa shape index (κ1) is 11.2. The van der Waals surface area contributed by atoms with E-state index in [4.69, 9.17) is 4.74 Å². The fraction of sp³-hybridized carbons (Fsp3) is 0.200. The van der Waals surface area contributed by atoms with Gasteiger partial charge in [-0.2, -0.15) is 0 Å². The van der Waals surface area contributed by atoms with Crippen molar-refractivity contribution >= 4 is 22.6 Å². The monoisotopic (exact) mass is 328 g/mol. The molecule has 0 fully saturated rings. The van der Waals surface area contributed by atoms with Crippen LogP contribution in [0.2, 0.25) is 0 Å². The molecule has 0 bridgehead atoms. The Balaban J connectivity index is 2.44.